The molecule has 0 aromatic carbocycles. The van der Waals surface area contributed by atoms with E-state index in [-0.39, 0.29) is 28.3 Å². The molecule has 1 saturated carbocycles. The number of nitrogens with zero attached hydrogens (tertiary/aromatic N) is 2. The van der Waals surface area contributed by atoms with Gasteiger partial charge in [0, 0.05) is 11.5 Å². The molecule has 2 N–H and O–H groups in total. The minimum absolute atomic E-state index is 0.0663. The number of hydrogen-bond donors (Lipinski definition) is 2. The van der Waals surface area contributed by atoms with Crippen molar-refractivity contribution in [2.24, 2.45) is 5.41 Å². The first kappa shape index (κ1) is 13.2. The molecule has 0 saturated heterocycles. The third-order valence-corrected chi connectivity index (χ3v) is 3.94. The van der Waals surface area contributed by atoms with E-state index in [1.165, 1.54) is 0 Å². The molecule has 2 rings (SSSR count). The number of aldehydes is 1. The molecule has 5 nitrogen and oxygen atoms in total. The summed E-state index contributed by atoms with van der Waals surface area (Å²) in [5, 5.41) is 13.0. The summed E-state index contributed by atoms with van der Waals surface area (Å²) in [5.41, 5.74) is 0.0188. The van der Waals surface area contributed by atoms with Crippen molar-refractivity contribution in [1.29, 1.82) is 0 Å². The van der Waals surface area contributed by atoms with Gasteiger partial charge >= 0.3 is 0 Å². The average molecular weight is 270 g/mol. The van der Waals surface area contributed by atoms with Crippen LogP contribution in [0.1, 0.15) is 36.5 Å². The third-order valence-electron chi connectivity index (χ3n) is 3.66. The summed E-state index contributed by atoms with van der Waals surface area (Å²) in [6.07, 6.45) is 0.936. The fourth-order valence-electron chi connectivity index (χ4n) is 2.07. The minimum atomic E-state index is -0.340. The van der Waals surface area contributed by atoms with Crippen molar-refractivity contribution in [3.63, 3.8) is 0 Å². The summed E-state index contributed by atoms with van der Waals surface area (Å²) in [6.45, 7) is 5.65. The molecule has 1 aliphatic carbocycles. The van der Waals surface area contributed by atoms with Crippen molar-refractivity contribution in [3.8, 4) is 0 Å². The molecule has 2 atom stereocenters. The average Bonchev–Trinajstić information content (AvgIpc) is 2.28. The standard InChI is InChI=1S/C12H16ClN3O2/c1-6-14-10(13)7(5-17)11(15-6)16-8-4-9(18)12(8,2)3/h5,8-9,18H,4H2,1-3H3,(H,14,15,16). The lowest BCUT2D eigenvalue weighted by molar-refractivity contribution is -0.0511. The monoisotopic (exact) mass is 269 g/mol. The molecule has 0 amide bonds. The normalized spacial score (nSPS) is 25.4. The second kappa shape index (κ2) is 4.48. The topological polar surface area (TPSA) is 75.1 Å². The zero-order valence-electron chi connectivity index (χ0n) is 10.6. The molecule has 0 bridgehead atoms. The number of hydrogen-bond acceptors (Lipinski definition) is 5. The smallest absolute Gasteiger partial charge is 0.156 e. The van der Waals surface area contributed by atoms with Gasteiger partial charge in [-0.05, 0) is 13.3 Å². The number of aliphatic hydroxyl groups is 1. The molecular formula is C12H16ClN3O2. The molecule has 1 aliphatic rings. The molecule has 0 radical (unpaired) electrons. The largest absolute Gasteiger partial charge is 0.392 e. The quantitative estimate of drug-likeness (QED) is 0.647. The van der Waals surface area contributed by atoms with Gasteiger partial charge in [-0.3, -0.25) is 4.79 Å². The fourth-order valence-corrected chi connectivity index (χ4v) is 2.33. The molecule has 18 heavy (non-hydrogen) atoms. The first-order valence-electron chi connectivity index (χ1n) is 5.80. The highest BCUT2D eigenvalue weighted by molar-refractivity contribution is 6.32. The highest BCUT2D eigenvalue weighted by Gasteiger charge is 2.47. The van der Waals surface area contributed by atoms with Crippen LogP contribution < -0.4 is 5.32 Å². The van der Waals surface area contributed by atoms with Crippen LogP contribution in [0.2, 0.25) is 5.15 Å². The number of halogens is 1. The number of aromatic nitrogens is 2. The number of aliphatic hydroxyl groups excluding tert-OH is 1. The fraction of sp³-hybridized carbons (Fsp3) is 0.583. The maximum Gasteiger partial charge on any atom is 0.156 e. The molecule has 0 aliphatic heterocycles. The van der Waals surface area contributed by atoms with E-state index in [9.17, 15) is 9.90 Å². The van der Waals surface area contributed by atoms with Crippen molar-refractivity contribution < 1.29 is 9.90 Å². The molecule has 0 spiro atoms. The number of nitrogens with one attached hydrogen (secondary N) is 1. The second-order valence-corrected chi connectivity index (χ2v) is 5.57. The Balaban J connectivity index is 2.27. The van der Waals surface area contributed by atoms with Crippen LogP contribution >= 0.6 is 11.6 Å². The molecular weight excluding hydrogens is 254 g/mol. The lowest BCUT2D eigenvalue weighted by Gasteiger charge is -2.49. The summed E-state index contributed by atoms with van der Waals surface area (Å²) in [7, 11) is 0. The zero-order valence-corrected chi connectivity index (χ0v) is 11.3. The highest BCUT2D eigenvalue weighted by atomic mass is 35.5. The number of rotatable bonds is 3. The minimum Gasteiger partial charge on any atom is -0.392 e. The van der Waals surface area contributed by atoms with Crippen molar-refractivity contribution >= 4 is 23.7 Å². The van der Waals surface area contributed by atoms with E-state index in [1.54, 1.807) is 6.92 Å². The Kier molecular flexibility index (Phi) is 3.29. The highest BCUT2D eigenvalue weighted by Crippen LogP contribution is 2.42. The molecule has 6 heteroatoms. The van der Waals surface area contributed by atoms with Crippen molar-refractivity contribution in [2.45, 2.75) is 39.3 Å². The Labute approximate surface area is 111 Å². The van der Waals surface area contributed by atoms with E-state index < -0.39 is 0 Å². The third kappa shape index (κ3) is 2.08. The van der Waals surface area contributed by atoms with Crippen LogP contribution in [-0.2, 0) is 0 Å². The van der Waals surface area contributed by atoms with Gasteiger partial charge in [-0.25, -0.2) is 9.97 Å². The first-order chi connectivity index (χ1) is 8.36. The Hall–Kier alpha value is -1.20. The SMILES string of the molecule is Cc1nc(Cl)c(C=O)c(NC2CC(O)C2(C)C)n1. The summed E-state index contributed by atoms with van der Waals surface area (Å²) in [4.78, 5) is 19.2. The Morgan fingerprint density at radius 3 is 2.67 bits per heavy atom. The summed E-state index contributed by atoms with van der Waals surface area (Å²) in [6, 6.07) is 0.0663. The Morgan fingerprint density at radius 2 is 2.17 bits per heavy atom. The van der Waals surface area contributed by atoms with E-state index in [1.807, 2.05) is 13.8 Å². The lowest BCUT2D eigenvalue weighted by atomic mass is 9.64. The van der Waals surface area contributed by atoms with E-state index >= 15 is 0 Å². The summed E-state index contributed by atoms with van der Waals surface area (Å²) in [5.74, 6) is 0.943. The number of anilines is 1. The van der Waals surface area contributed by atoms with Gasteiger partial charge in [0.15, 0.2) is 6.29 Å². The van der Waals surface area contributed by atoms with Crippen LogP contribution in [0.3, 0.4) is 0 Å². The molecule has 1 aromatic heterocycles. The molecule has 1 aromatic rings. The van der Waals surface area contributed by atoms with E-state index in [2.05, 4.69) is 15.3 Å². The van der Waals surface area contributed by atoms with Gasteiger partial charge in [-0.15, -0.1) is 0 Å². The molecule has 98 valence electrons. The number of carbonyl (C=O) groups is 1. The lowest BCUT2D eigenvalue weighted by Crippen LogP contribution is -2.57. The Morgan fingerprint density at radius 1 is 1.50 bits per heavy atom. The molecule has 1 fully saturated rings. The predicted octanol–water partition coefficient (Wildman–Crippen LogP) is 1.82. The van der Waals surface area contributed by atoms with Crippen LogP contribution in [-0.4, -0.2) is 33.5 Å². The molecule has 1 heterocycles. The van der Waals surface area contributed by atoms with E-state index in [4.69, 9.17) is 11.6 Å². The van der Waals surface area contributed by atoms with Crippen molar-refractivity contribution in [2.75, 3.05) is 5.32 Å². The van der Waals surface area contributed by atoms with Crippen LogP contribution in [0.15, 0.2) is 0 Å². The van der Waals surface area contributed by atoms with Gasteiger partial charge in [-0.1, -0.05) is 25.4 Å². The van der Waals surface area contributed by atoms with Gasteiger partial charge in [0.25, 0.3) is 0 Å². The number of carbonyl (C=O) groups excluding carboxylic acids is 1. The van der Waals surface area contributed by atoms with Gasteiger partial charge in [0.05, 0.1) is 11.7 Å². The van der Waals surface area contributed by atoms with Gasteiger partial charge in [0.2, 0.25) is 0 Å². The number of aryl methyl sites for hydroxylation is 1. The van der Waals surface area contributed by atoms with E-state index in [0.717, 1.165) is 0 Å². The first-order valence-corrected chi connectivity index (χ1v) is 6.18. The maximum absolute atomic E-state index is 11.0. The van der Waals surface area contributed by atoms with Gasteiger partial charge < -0.3 is 10.4 Å². The van der Waals surface area contributed by atoms with Gasteiger partial charge in [0.1, 0.15) is 16.8 Å². The van der Waals surface area contributed by atoms with Gasteiger partial charge in [-0.2, -0.15) is 0 Å². The molecule has 2 unspecified atom stereocenters. The predicted molar refractivity (Wildman–Crippen MR) is 69.0 cm³/mol. The van der Waals surface area contributed by atoms with Crippen LogP contribution in [0.4, 0.5) is 5.82 Å². The van der Waals surface area contributed by atoms with Crippen molar-refractivity contribution in [1.82, 2.24) is 9.97 Å². The summed E-state index contributed by atoms with van der Waals surface area (Å²) >= 11 is 5.91. The maximum atomic E-state index is 11.0. The second-order valence-electron chi connectivity index (χ2n) is 5.21. The zero-order chi connectivity index (χ0) is 13.5. The Bertz CT molecular complexity index is 490. The van der Waals surface area contributed by atoms with Crippen LogP contribution in [0.25, 0.3) is 0 Å². The van der Waals surface area contributed by atoms with E-state index in [0.29, 0.717) is 24.3 Å². The van der Waals surface area contributed by atoms with Crippen LogP contribution in [0, 0.1) is 12.3 Å². The van der Waals surface area contributed by atoms with Crippen molar-refractivity contribution in [3.05, 3.63) is 16.5 Å². The van der Waals surface area contributed by atoms with Crippen LogP contribution in [0.5, 0.6) is 0 Å². The summed E-state index contributed by atoms with van der Waals surface area (Å²) < 4.78 is 0.